The van der Waals surface area contributed by atoms with Gasteiger partial charge in [0.15, 0.2) is 0 Å². The number of hydrogen-bond donors (Lipinski definition) is 3. The summed E-state index contributed by atoms with van der Waals surface area (Å²) < 4.78 is 18.3. The number of methoxy groups -OCH3 is 1. The molecule has 4 N–H and O–H groups in total. The first-order valence-electron chi connectivity index (χ1n) is 5.43. The Labute approximate surface area is 109 Å². The van der Waals surface area contributed by atoms with Crippen LogP contribution in [0.5, 0.6) is 6.01 Å². The van der Waals surface area contributed by atoms with Crippen LogP contribution in [0.25, 0.3) is 0 Å². The van der Waals surface area contributed by atoms with Crippen LogP contribution in [0.2, 0.25) is 0 Å². The van der Waals surface area contributed by atoms with E-state index in [4.69, 9.17) is 10.6 Å². The van der Waals surface area contributed by atoms with Crippen molar-refractivity contribution < 1.29 is 9.13 Å². The van der Waals surface area contributed by atoms with E-state index in [1.54, 1.807) is 19.1 Å². The van der Waals surface area contributed by atoms with Crippen molar-refractivity contribution in [1.82, 2.24) is 15.0 Å². The minimum atomic E-state index is -0.316. The van der Waals surface area contributed by atoms with Crippen LogP contribution < -0.4 is 21.3 Å². The zero-order valence-corrected chi connectivity index (χ0v) is 10.4. The van der Waals surface area contributed by atoms with Gasteiger partial charge in [0.25, 0.3) is 0 Å². The van der Waals surface area contributed by atoms with E-state index in [2.05, 4.69) is 25.7 Å². The van der Waals surface area contributed by atoms with E-state index in [1.807, 2.05) is 0 Å². The summed E-state index contributed by atoms with van der Waals surface area (Å²) in [5, 5.41) is 2.88. The van der Waals surface area contributed by atoms with Crippen molar-refractivity contribution in [3.05, 3.63) is 29.6 Å². The second-order valence-electron chi connectivity index (χ2n) is 3.65. The van der Waals surface area contributed by atoms with Crippen molar-refractivity contribution in [1.29, 1.82) is 0 Å². The molecule has 1 aromatic carbocycles. The third-order valence-corrected chi connectivity index (χ3v) is 2.44. The highest BCUT2D eigenvalue weighted by atomic mass is 19.1. The standard InChI is InChI=1S/C11H13FN6O/c1-6-7(12)4-3-5-8(6)14-9-15-10(18-13)17-11(16-9)19-2/h3-5H,13H2,1-2H3,(H2,14,15,16,17,18). The Balaban J connectivity index is 2.34. The summed E-state index contributed by atoms with van der Waals surface area (Å²) in [6.07, 6.45) is 0. The monoisotopic (exact) mass is 264 g/mol. The van der Waals surface area contributed by atoms with E-state index in [-0.39, 0.29) is 23.7 Å². The zero-order chi connectivity index (χ0) is 13.8. The number of aromatic nitrogens is 3. The Hall–Kier alpha value is -2.48. The Morgan fingerprint density at radius 3 is 2.63 bits per heavy atom. The Morgan fingerprint density at radius 1 is 1.21 bits per heavy atom. The highest BCUT2D eigenvalue weighted by Crippen LogP contribution is 2.21. The van der Waals surface area contributed by atoms with E-state index >= 15 is 0 Å². The van der Waals surface area contributed by atoms with Crippen LogP contribution in [0, 0.1) is 12.7 Å². The summed E-state index contributed by atoms with van der Waals surface area (Å²) in [6.45, 7) is 1.65. The van der Waals surface area contributed by atoms with Gasteiger partial charge in [-0.05, 0) is 19.1 Å². The molecule has 100 valence electrons. The molecule has 0 unspecified atom stereocenters. The van der Waals surface area contributed by atoms with Crippen molar-refractivity contribution in [2.45, 2.75) is 6.92 Å². The van der Waals surface area contributed by atoms with Gasteiger partial charge in [0.1, 0.15) is 5.82 Å². The maximum atomic E-state index is 13.4. The predicted molar refractivity (Wildman–Crippen MR) is 68.6 cm³/mol. The quantitative estimate of drug-likeness (QED) is 0.566. The maximum Gasteiger partial charge on any atom is 0.322 e. The largest absolute Gasteiger partial charge is 0.467 e. The van der Waals surface area contributed by atoms with Crippen LogP contribution in [0.15, 0.2) is 18.2 Å². The molecule has 0 aliphatic carbocycles. The molecule has 0 aliphatic heterocycles. The van der Waals surface area contributed by atoms with Gasteiger partial charge in [-0.1, -0.05) is 6.07 Å². The van der Waals surface area contributed by atoms with Gasteiger partial charge in [-0.3, -0.25) is 5.43 Å². The molecule has 0 spiro atoms. The number of nitrogen functional groups attached to an aromatic ring is 1. The van der Waals surface area contributed by atoms with Crippen LogP contribution >= 0.6 is 0 Å². The molecular formula is C11H13FN6O. The van der Waals surface area contributed by atoms with E-state index in [0.29, 0.717) is 11.3 Å². The van der Waals surface area contributed by atoms with Gasteiger partial charge in [-0.25, -0.2) is 10.2 Å². The molecule has 2 aromatic rings. The first kappa shape index (κ1) is 13.0. The lowest BCUT2D eigenvalue weighted by atomic mass is 10.2. The number of rotatable bonds is 4. The highest BCUT2D eigenvalue weighted by Gasteiger charge is 2.09. The van der Waals surface area contributed by atoms with Crippen LogP contribution in [-0.4, -0.2) is 22.1 Å². The second-order valence-corrected chi connectivity index (χ2v) is 3.65. The lowest BCUT2D eigenvalue weighted by molar-refractivity contribution is 0.379. The topological polar surface area (TPSA) is 98.0 Å². The molecule has 0 saturated heterocycles. The number of benzene rings is 1. The fourth-order valence-corrected chi connectivity index (χ4v) is 1.43. The summed E-state index contributed by atoms with van der Waals surface area (Å²) in [5.74, 6) is 5.27. The smallest absolute Gasteiger partial charge is 0.322 e. The van der Waals surface area contributed by atoms with Crippen LogP contribution in [0.4, 0.5) is 22.0 Å². The average molecular weight is 264 g/mol. The first-order chi connectivity index (χ1) is 9.13. The van der Waals surface area contributed by atoms with Gasteiger partial charge in [0.2, 0.25) is 11.9 Å². The summed E-state index contributed by atoms with van der Waals surface area (Å²) in [6, 6.07) is 4.77. The minimum absolute atomic E-state index is 0.0968. The summed E-state index contributed by atoms with van der Waals surface area (Å²) >= 11 is 0. The lowest BCUT2D eigenvalue weighted by Crippen LogP contribution is -2.13. The molecule has 19 heavy (non-hydrogen) atoms. The van der Waals surface area contributed by atoms with Crippen LogP contribution in [-0.2, 0) is 0 Å². The normalized spacial score (nSPS) is 10.1. The molecular weight excluding hydrogens is 251 g/mol. The SMILES string of the molecule is COc1nc(NN)nc(Nc2cccc(F)c2C)n1. The molecule has 0 saturated carbocycles. The number of nitrogens with one attached hydrogen (secondary N) is 2. The molecule has 0 fully saturated rings. The van der Waals surface area contributed by atoms with Gasteiger partial charge in [-0.2, -0.15) is 15.0 Å². The molecule has 0 radical (unpaired) electrons. The summed E-state index contributed by atoms with van der Waals surface area (Å²) in [7, 11) is 1.42. The number of nitrogens with zero attached hydrogens (tertiary/aromatic N) is 3. The fourth-order valence-electron chi connectivity index (χ4n) is 1.43. The molecule has 1 aromatic heterocycles. The molecule has 0 aliphatic rings. The molecule has 0 bridgehead atoms. The van der Waals surface area contributed by atoms with Crippen LogP contribution in [0.3, 0.4) is 0 Å². The predicted octanol–water partition coefficient (Wildman–Crippen LogP) is 1.36. The number of hydrogen-bond acceptors (Lipinski definition) is 7. The van der Waals surface area contributed by atoms with Crippen molar-refractivity contribution >= 4 is 17.6 Å². The van der Waals surface area contributed by atoms with Gasteiger partial charge in [0.05, 0.1) is 7.11 Å². The van der Waals surface area contributed by atoms with E-state index in [0.717, 1.165) is 0 Å². The molecule has 1 heterocycles. The lowest BCUT2D eigenvalue weighted by Gasteiger charge is -2.10. The third-order valence-electron chi connectivity index (χ3n) is 2.44. The zero-order valence-electron chi connectivity index (χ0n) is 10.4. The van der Waals surface area contributed by atoms with Crippen molar-refractivity contribution in [2.24, 2.45) is 5.84 Å². The second kappa shape index (κ2) is 5.44. The summed E-state index contributed by atoms with van der Waals surface area (Å²) in [5.41, 5.74) is 3.31. The van der Waals surface area contributed by atoms with E-state index < -0.39 is 0 Å². The Morgan fingerprint density at radius 2 is 1.95 bits per heavy atom. The van der Waals surface area contributed by atoms with Crippen LogP contribution in [0.1, 0.15) is 5.56 Å². The molecule has 2 rings (SSSR count). The van der Waals surface area contributed by atoms with Gasteiger partial charge in [-0.15, -0.1) is 0 Å². The van der Waals surface area contributed by atoms with Gasteiger partial charge < -0.3 is 10.1 Å². The number of halogens is 1. The van der Waals surface area contributed by atoms with E-state index in [1.165, 1.54) is 13.2 Å². The highest BCUT2D eigenvalue weighted by molar-refractivity contribution is 5.59. The van der Waals surface area contributed by atoms with E-state index in [9.17, 15) is 4.39 Å². The maximum absolute atomic E-state index is 13.4. The molecule has 8 heteroatoms. The van der Waals surface area contributed by atoms with Crippen molar-refractivity contribution in [3.8, 4) is 6.01 Å². The average Bonchev–Trinajstić information content (AvgIpc) is 2.43. The Bertz CT molecular complexity index is 569. The van der Waals surface area contributed by atoms with Crippen molar-refractivity contribution in [2.75, 3.05) is 17.9 Å². The minimum Gasteiger partial charge on any atom is -0.467 e. The number of nitrogens with two attached hydrogens (primary N) is 1. The van der Waals surface area contributed by atoms with Crippen molar-refractivity contribution in [3.63, 3.8) is 0 Å². The van der Waals surface area contributed by atoms with Gasteiger partial charge >= 0.3 is 6.01 Å². The molecule has 0 amide bonds. The first-order valence-corrected chi connectivity index (χ1v) is 5.43. The number of anilines is 3. The molecule has 7 nitrogen and oxygen atoms in total. The fraction of sp³-hybridized carbons (Fsp3) is 0.182. The number of hydrazine groups is 1. The van der Waals surface area contributed by atoms with Gasteiger partial charge in [0, 0.05) is 11.3 Å². The molecule has 0 atom stereocenters. The third kappa shape index (κ3) is 2.86. The number of ether oxygens (including phenoxy) is 1. The Kier molecular flexibility index (Phi) is 3.71. The summed E-state index contributed by atoms with van der Waals surface area (Å²) in [4.78, 5) is 11.8.